The van der Waals surface area contributed by atoms with Gasteiger partial charge in [-0.25, -0.2) is 4.98 Å². The zero-order valence-corrected chi connectivity index (χ0v) is 17.5. The van der Waals surface area contributed by atoms with Gasteiger partial charge < -0.3 is 4.57 Å². The summed E-state index contributed by atoms with van der Waals surface area (Å²) in [6.45, 7) is 6.58. The van der Waals surface area contributed by atoms with Crippen molar-refractivity contribution in [3.05, 3.63) is 71.8 Å². The van der Waals surface area contributed by atoms with E-state index in [1.165, 1.54) is 28.2 Å². The molecule has 0 radical (unpaired) electrons. The number of hydrogen-bond donors (Lipinski definition) is 0. The maximum atomic E-state index is 12.3. The van der Waals surface area contributed by atoms with Gasteiger partial charge in [-0.15, -0.1) is 0 Å². The van der Waals surface area contributed by atoms with E-state index in [2.05, 4.69) is 79.9 Å². The minimum absolute atomic E-state index is 0.00790. The fraction of sp³-hybridized carbons (Fsp3) is 0.385. The van der Waals surface area contributed by atoms with Crippen LogP contribution in [0.3, 0.4) is 0 Å². The number of fused-ring (bicyclic) bond motifs is 3. The Balaban J connectivity index is 1.61. The Morgan fingerprint density at radius 2 is 1.79 bits per heavy atom. The molecule has 0 bridgehead atoms. The summed E-state index contributed by atoms with van der Waals surface area (Å²) in [4.78, 5) is 17.4. The van der Waals surface area contributed by atoms with E-state index in [0.717, 1.165) is 25.1 Å². The topological polar surface area (TPSA) is 34.9 Å². The molecule has 1 fully saturated rings. The Morgan fingerprint density at radius 1 is 1.03 bits per heavy atom. The van der Waals surface area contributed by atoms with Crippen LogP contribution in [0.25, 0.3) is 16.8 Å². The second-order valence-corrected chi connectivity index (χ2v) is 9.02. The van der Waals surface area contributed by atoms with Gasteiger partial charge in [-0.2, -0.15) is 0 Å². The molecule has 0 unspecified atom stereocenters. The van der Waals surface area contributed by atoms with Crippen LogP contribution in [0.15, 0.2) is 54.6 Å². The van der Waals surface area contributed by atoms with Gasteiger partial charge in [-0.3, -0.25) is 4.79 Å². The highest BCUT2D eigenvalue weighted by molar-refractivity contribution is 5.82. The summed E-state index contributed by atoms with van der Waals surface area (Å²) in [6.07, 6.45) is 3.67. The van der Waals surface area contributed by atoms with Gasteiger partial charge in [0.05, 0.1) is 5.69 Å². The lowest BCUT2D eigenvalue weighted by atomic mass is 9.57. The standard InChI is InChI=1S/C26H28N2O/c1-17-22-12-13-23-25(26(22,3)15-14-24(17)29)27-18(2)28(23)21-11-7-10-20(16-21)19-8-5-4-6-9-19/h4-11,16-17,22H,12-15H2,1-3H3/t17-,22-,26-/m0/s1. The lowest BCUT2D eigenvalue weighted by Gasteiger charge is -2.46. The smallest absolute Gasteiger partial charge is 0.136 e. The van der Waals surface area contributed by atoms with Crippen LogP contribution in [0.4, 0.5) is 0 Å². The zero-order valence-electron chi connectivity index (χ0n) is 17.5. The SMILES string of the molecule is Cc1nc2c(n1-c1cccc(-c3ccccc3)c1)CC[C@H]1[C@H](C)C(=O)CC[C@]21C. The Hall–Kier alpha value is -2.68. The highest BCUT2D eigenvalue weighted by atomic mass is 16.1. The molecule has 1 saturated carbocycles. The summed E-state index contributed by atoms with van der Waals surface area (Å²) >= 11 is 0. The van der Waals surface area contributed by atoms with Gasteiger partial charge in [0.25, 0.3) is 0 Å². The van der Waals surface area contributed by atoms with E-state index >= 15 is 0 Å². The minimum Gasteiger partial charge on any atom is -0.301 e. The number of aromatic nitrogens is 2. The molecular weight excluding hydrogens is 356 g/mol. The van der Waals surface area contributed by atoms with Crippen LogP contribution in [0.2, 0.25) is 0 Å². The first-order valence-corrected chi connectivity index (χ1v) is 10.8. The van der Waals surface area contributed by atoms with Crippen molar-refractivity contribution in [3.63, 3.8) is 0 Å². The first kappa shape index (κ1) is 18.4. The highest BCUT2D eigenvalue weighted by Gasteiger charge is 2.50. The largest absolute Gasteiger partial charge is 0.301 e. The number of carbonyl (C=O) groups excluding carboxylic acids is 1. The average molecular weight is 385 g/mol. The molecule has 3 heteroatoms. The van der Waals surface area contributed by atoms with Gasteiger partial charge >= 0.3 is 0 Å². The molecule has 5 rings (SSSR count). The molecule has 3 atom stereocenters. The molecule has 2 aromatic carbocycles. The normalized spacial score (nSPS) is 26.1. The molecule has 2 aliphatic rings. The van der Waals surface area contributed by atoms with E-state index in [1.54, 1.807) is 0 Å². The monoisotopic (exact) mass is 384 g/mol. The van der Waals surface area contributed by atoms with Crippen molar-refractivity contribution in [2.75, 3.05) is 0 Å². The fourth-order valence-corrected chi connectivity index (χ4v) is 5.79. The maximum absolute atomic E-state index is 12.3. The molecule has 1 aromatic heterocycles. The number of imidazole rings is 1. The lowest BCUT2D eigenvalue weighted by molar-refractivity contribution is -0.128. The molecule has 148 valence electrons. The lowest BCUT2D eigenvalue weighted by Crippen LogP contribution is -2.47. The molecule has 0 aliphatic heterocycles. The van der Waals surface area contributed by atoms with E-state index in [-0.39, 0.29) is 11.3 Å². The predicted molar refractivity (Wildman–Crippen MR) is 116 cm³/mol. The number of benzene rings is 2. The average Bonchev–Trinajstić information content (AvgIpc) is 3.09. The molecule has 29 heavy (non-hydrogen) atoms. The van der Waals surface area contributed by atoms with Gasteiger partial charge in [0.2, 0.25) is 0 Å². The third-order valence-electron chi connectivity index (χ3n) is 7.41. The van der Waals surface area contributed by atoms with Crippen molar-refractivity contribution in [1.82, 2.24) is 9.55 Å². The maximum Gasteiger partial charge on any atom is 0.136 e. The Morgan fingerprint density at radius 3 is 2.59 bits per heavy atom. The second kappa shape index (κ2) is 6.69. The molecule has 0 amide bonds. The number of Topliss-reactive ketones (excluding diaryl/α,β-unsaturated/α-hetero) is 1. The summed E-state index contributed by atoms with van der Waals surface area (Å²) < 4.78 is 2.35. The number of hydrogen-bond acceptors (Lipinski definition) is 2. The van der Waals surface area contributed by atoms with Crippen LogP contribution in [-0.4, -0.2) is 15.3 Å². The first-order valence-electron chi connectivity index (χ1n) is 10.8. The van der Waals surface area contributed by atoms with Crippen molar-refractivity contribution in [3.8, 4) is 16.8 Å². The Kier molecular flexibility index (Phi) is 4.23. The summed E-state index contributed by atoms with van der Waals surface area (Å²) in [5.41, 5.74) is 6.21. The van der Waals surface area contributed by atoms with Crippen LogP contribution >= 0.6 is 0 Å². The van der Waals surface area contributed by atoms with Crippen LogP contribution < -0.4 is 0 Å². The molecule has 0 N–H and O–H groups in total. The highest BCUT2D eigenvalue weighted by Crippen LogP contribution is 2.51. The van der Waals surface area contributed by atoms with Gasteiger partial charge in [0, 0.05) is 29.1 Å². The molecule has 3 aromatic rings. The molecular formula is C26H28N2O. The number of rotatable bonds is 2. The summed E-state index contributed by atoms with van der Waals surface area (Å²) in [5, 5.41) is 0. The van der Waals surface area contributed by atoms with Crippen molar-refractivity contribution in [2.24, 2.45) is 11.8 Å². The summed E-state index contributed by atoms with van der Waals surface area (Å²) in [6, 6.07) is 19.3. The van der Waals surface area contributed by atoms with Gasteiger partial charge in [0.1, 0.15) is 11.6 Å². The van der Waals surface area contributed by atoms with E-state index in [0.29, 0.717) is 18.1 Å². The summed E-state index contributed by atoms with van der Waals surface area (Å²) in [5.74, 6) is 2.04. The van der Waals surface area contributed by atoms with E-state index in [1.807, 2.05) is 0 Å². The van der Waals surface area contributed by atoms with Gasteiger partial charge in [-0.05, 0) is 55.4 Å². The number of carbonyl (C=O) groups is 1. The third kappa shape index (κ3) is 2.78. The van der Waals surface area contributed by atoms with E-state index in [9.17, 15) is 4.79 Å². The zero-order chi connectivity index (χ0) is 20.2. The second-order valence-electron chi connectivity index (χ2n) is 9.02. The molecule has 2 aliphatic carbocycles. The van der Waals surface area contributed by atoms with Crippen LogP contribution in [-0.2, 0) is 16.6 Å². The molecule has 1 heterocycles. The predicted octanol–water partition coefficient (Wildman–Crippen LogP) is 5.67. The van der Waals surface area contributed by atoms with E-state index in [4.69, 9.17) is 4.98 Å². The quantitative estimate of drug-likeness (QED) is 0.571. The van der Waals surface area contributed by atoms with Crippen LogP contribution in [0.5, 0.6) is 0 Å². The van der Waals surface area contributed by atoms with Crippen LogP contribution in [0.1, 0.15) is 50.3 Å². The molecule has 3 nitrogen and oxygen atoms in total. The Bertz CT molecular complexity index is 1080. The summed E-state index contributed by atoms with van der Waals surface area (Å²) in [7, 11) is 0. The van der Waals surface area contributed by atoms with Crippen molar-refractivity contribution >= 4 is 5.78 Å². The first-order chi connectivity index (χ1) is 14.0. The Labute approximate surface area is 172 Å². The van der Waals surface area contributed by atoms with Gasteiger partial charge in [-0.1, -0.05) is 56.3 Å². The van der Waals surface area contributed by atoms with Crippen LogP contribution in [0, 0.1) is 18.8 Å². The minimum atomic E-state index is 0.00790. The fourth-order valence-electron chi connectivity index (χ4n) is 5.79. The van der Waals surface area contributed by atoms with E-state index < -0.39 is 0 Å². The van der Waals surface area contributed by atoms with Crippen molar-refractivity contribution in [2.45, 2.75) is 51.9 Å². The number of aryl methyl sites for hydroxylation is 1. The number of nitrogens with zero attached hydrogens (tertiary/aromatic N) is 2. The molecule has 0 spiro atoms. The number of ketones is 1. The third-order valence-corrected chi connectivity index (χ3v) is 7.41. The van der Waals surface area contributed by atoms with Crippen molar-refractivity contribution < 1.29 is 4.79 Å². The molecule has 0 saturated heterocycles. The van der Waals surface area contributed by atoms with Crippen molar-refractivity contribution in [1.29, 1.82) is 0 Å². The van der Waals surface area contributed by atoms with Gasteiger partial charge in [0.15, 0.2) is 0 Å².